The van der Waals surface area contributed by atoms with Crippen LogP contribution in [-0.2, 0) is 10.0 Å². The van der Waals surface area contributed by atoms with E-state index in [2.05, 4.69) is 0 Å². The quantitative estimate of drug-likeness (QED) is 0.543. The number of nitro benzene ring substituents is 1. The van der Waals surface area contributed by atoms with Gasteiger partial charge in [0.1, 0.15) is 17.0 Å². The highest BCUT2D eigenvalue weighted by molar-refractivity contribution is 7.89. The molecule has 2 aliphatic heterocycles. The first-order valence-corrected chi connectivity index (χ1v) is 11.5. The van der Waals surface area contributed by atoms with Crippen LogP contribution in [0.15, 0.2) is 35.2 Å². The number of nitro groups is 1. The van der Waals surface area contributed by atoms with Gasteiger partial charge in [-0.05, 0) is 36.8 Å². The SMILES string of the molecule is Cc1cc(Cl)cc2c1OC1(CCN(c3ccc(S(N)(=O)=O)cc3[N+](=O)[O-])CC1)CC2=O. The number of hydrogen-bond acceptors (Lipinski definition) is 7. The Labute approximate surface area is 183 Å². The minimum atomic E-state index is -4.06. The summed E-state index contributed by atoms with van der Waals surface area (Å²) in [5.41, 5.74) is 0.546. The number of sulfonamides is 1. The summed E-state index contributed by atoms with van der Waals surface area (Å²) in [6.07, 6.45) is 1.17. The molecular weight excluding hydrogens is 446 g/mol. The van der Waals surface area contributed by atoms with Crippen molar-refractivity contribution in [1.82, 2.24) is 0 Å². The van der Waals surface area contributed by atoms with Gasteiger partial charge in [-0.2, -0.15) is 0 Å². The van der Waals surface area contributed by atoms with Gasteiger partial charge >= 0.3 is 0 Å². The minimum absolute atomic E-state index is 0.0382. The number of aryl methyl sites for hydroxylation is 1. The summed E-state index contributed by atoms with van der Waals surface area (Å²) in [5.74, 6) is 0.501. The number of anilines is 1. The molecule has 0 saturated carbocycles. The Morgan fingerprint density at radius 1 is 1.23 bits per heavy atom. The molecule has 2 aromatic carbocycles. The lowest BCUT2D eigenvalue weighted by atomic mass is 9.82. The molecule has 2 aliphatic rings. The van der Waals surface area contributed by atoms with E-state index < -0.39 is 20.5 Å². The fraction of sp³-hybridized carbons (Fsp3) is 0.350. The highest BCUT2D eigenvalue weighted by Crippen LogP contribution is 2.43. The summed E-state index contributed by atoms with van der Waals surface area (Å²) in [6, 6.07) is 6.98. The molecule has 1 saturated heterocycles. The monoisotopic (exact) mass is 465 g/mol. The third-order valence-electron chi connectivity index (χ3n) is 5.83. The average Bonchev–Trinajstić information content (AvgIpc) is 2.68. The number of carbonyl (C=O) groups excluding carboxylic acids is 1. The number of nitrogens with zero attached hydrogens (tertiary/aromatic N) is 2. The molecule has 0 unspecified atom stereocenters. The van der Waals surface area contributed by atoms with Crippen molar-refractivity contribution in [3.63, 3.8) is 0 Å². The van der Waals surface area contributed by atoms with Crippen molar-refractivity contribution in [3.05, 3.63) is 56.6 Å². The second-order valence-corrected chi connectivity index (χ2v) is 9.92. The zero-order valence-corrected chi connectivity index (χ0v) is 18.2. The van der Waals surface area contributed by atoms with Crippen molar-refractivity contribution in [1.29, 1.82) is 0 Å². The number of hydrogen-bond donors (Lipinski definition) is 1. The van der Waals surface area contributed by atoms with Crippen LogP contribution in [-0.4, -0.2) is 37.8 Å². The summed E-state index contributed by atoms with van der Waals surface area (Å²) < 4.78 is 29.4. The Kier molecular flexibility index (Phi) is 5.19. The van der Waals surface area contributed by atoms with E-state index in [0.29, 0.717) is 48.0 Å². The van der Waals surface area contributed by atoms with E-state index in [1.165, 1.54) is 12.1 Å². The van der Waals surface area contributed by atoms with Crippen LogP contribution in [0.4, 0.5) is 11.4 Å². The molecule has 0 radical (unpaired) electrons. The Bertz CT molecular complexity index is 1210. The lowest BCUT2D eigenvalue weighted by molar-refractivity contribution is -0.384. The number of primary sulfonamides is 1. The lowest BCUT2D eigenvalue weighted by Gasteiger charge is -2.44. The number of nitrogens with two attached hydrogens (primary N) is 1. The van der Waals surface area contributed by atoms with E-state index in [4.69, 9.17) is 21.5 Å². The fourth-order valence-corrected chi connectivity index (χ4v) is 5.05. The number of fused-ring (bicyclic) bond motifs is 1. The first kappa shape index (κ1) is 21.5. The first-order chi connectivity index (χ1) is 14.5. The van der Waals surface area contributed by atoms with Gasteiger partial charge in [-0.15, -0.1) is 0 Å². The number of ether oxygens (including phenoxy) is 1. The van der Waals surface area contributed by atoms with Crippen LogP contribution in [0.1, 0.15) is 35.2 Å². The van der Waals surface area contributed by atoms with Crippen molar-refractivity contribution >= 4 is 38.8 Å². The largest absolute Gasteiger partial charge is 0.486 e. The number of rotatable bonds is 3. The van der Waals surface area contributed by atoms with Crippen LogP contribution in [0.3, 0.4) is 0 Å². The first-order valence-electron chi connectivity index (χ1n) is 9.58. The van der Waals surface area contributed by atoms with E-state index in [0.717, 1.165) is 11.6 Å². The zero-order valence-electron chi connectivity index (χ0n) is 16.6. The normalized spacial score (nSPS) is 17.9. The van der Waals surface area contributed by atoms with Gasteiger partial charge in [-0.3, -0.25) is 14.9 Å². The predicted molar refractivity (Wildman–Crippen MR) is 114 cm³/mol. The molecule has 4 rings (SSSR count). The molecule has 2 heterocycles. The third kappa shape index (κ3) is 3.98. The molecule has 0 aromatic heterocycles. The fourth-order valence-electron chi connectivity index (χ4n) is 4.24. The minimum Gasteiger partial charge on any atom is -0.486 e. The van der Waals surface area contributed by atoms with Crippen molar-refractivity contribution in [2.24, 2.45) is 5.14 Å². The molecule has 0 amide bonds. The van der Waals surface area contributed by atoms with Gasteiger partial charge < -0.3 is 9.64 Å². The Morgan fingerprint density at radius 3 is 2.52 bits per heavy atom. The van der Waals surface area contributed by atoms with E-state index in [-0.39, 0.29) is 22.8 Å². The van der Waals surface area contributed by atoms with Crippen LogP contribution in [0.5, 0.6) is 5.75 Å². The van der Waals surface area contributed by atoms with Gasteiger partial charge in [0.05, 0.1) is 21.8 Å². The topological polar surface area (TPSA) is 133 Å². The van der Waals surface area contributed by atoms with Gasteiger partial charge in [-0.25, -0.2) is 13.6 Å². The summed E-state index contributed by atoms with van der Waals surface area (Å²) in [6.45, 7) is 2.65. The Balaban J connectivity index is 1.59. The number of Topliss-reactive ketones (excluding diaryl/α,β-unsaturated/α-hetero) is 1. The lowest BCUT2D eigenvalue weighted by Crippen LogP contribution is -2.51. The van der Waals surface area contributed by atoms with Crippen LogP contribution in [0.2, 0.25) is 5.02 Å². The van der Waals surface area contributed by atoms with Crippen LogP contribution in [0.25, 0.3) is 0 Å². The molecule has 0 bridgehead atoms. The summed E-state index contributed by atoms with van der Waals surface area (Å²) >= 11 is 6.08. The van der Waals surface area contributed by atoms with Crippen molar-refractivity contribution in [2.75, 3.05) is 18.0 Å². The molecule has 2 aromatic rings. The third-order valence-corrected chi connectivity index (χ3v) is 6.96. The summed E-state index contributed by atoms with van der Waals surface area (Å²) in [5, 5.41) is 17.1. The smallest absolute Gasteiger partial charge is 0.293 e. The molecule has 0 aliphatic carbocycles. The van der Waals surface area contributed by atoms with Crippen molar-refractivity contribution in [2.45, 2.75) is 36.7 Å². The van der Waals surface area contributed by atoms with Crippen LogP contribution in [0, 0.1) is 17.0 Å². The average molecular weight is 466 g/mol. The second kappa shape index (κ2) is 7.47. The Hall–Kier alpha value is -2.69. The molecule has 2 N–H and O–H groups in total. The number of piperidine rings is 1. The summed E-state index contributed by atoms with van der Waals surface area (Å²) in [7, 11) is -4.06. The van der Waals surface area contributed by atoms with Gasteiger partial charge in [0, 0.05) is 37.0 Å². The van der Waals surface area contributed by atoms with Crippen molar-refractivity contribution in [3.8, 4) is 5.75 Å². The predicted octanol–water partition coefficient (Wildman–Crippen LogP) is 3.21. The van der Waals surface area contributed by atoms with Gasteiger partial charge in [0.25, 0.3) is 5.69 Å². The maximum absolute atomic E-state index is 12.8. The van der Waals surface area contributed by atoms with Crippen LogP contribution >= 0.6 is 11.6 Å². The highest BCUT2D eigenvalue weighted by Gasteiger charge is 2.44. The van der Waals surface area contributed by atoms with E-state index >= 15 is 0 Å². The molecule has 1 spiro atoms. The number of carbonyl (C=O) groups is 1. The molecular formula is C20H20ClN3O6S. The zero-order chi connectivity index (χ0) is 22.6. The van der Waals surface area contributed by atoms with Gasteiger partial charge in [0.2, 0.25) is 10.0 Å². The molecule has 164 valence electrons. The molecule has 11 heteroatoms. The van der Waals surface area contributed by atoms with E-state index in [1.807, 2.05) is 6.92 Å². The van der Waals surface area contributed by atoms with Crippen molar-refractivity contribution < 1.29 is 22.9 Å². The maximum atomic E-state index is 12.8. The molecule has 0 atom stereocenters. The highest BCUT2D eigenvalue weighted by atomic mass is 35.5. The maximum Gasteiger partial charge on any atom is 0.293 e. The second-order valence-electron chi connectivity index (χ2n) is 7.92. The van der Waals surface area contributed by atoms with Gasteiger partial charge in [-0.1, -0.05) is 11.6 Å². The molecule has 9 nitrogen and oxygen atoms in total. The Morgan fingerprint density at radius 2 is 1.90 bits per heavy atom. The van der Waals surface area contributed by atoms with Gasteiger partial charge in [0.15, 0.2) is 5.78 Å². The number of halogens is 1. The molecule has 1 fully saturated rings. The van der Waals surface area contributed by atoms with Crippen LogP contribution < -0.4 is 14.8 Å². The number of ketones is 1. The number of benzene rings is 2. The standard InChI is InChI=1S/C20H20ClN3O6S/c1-12-8-13(21)9-15-18(25)11-20(30-19(12)15)4-6-23(7-5-20)16-3-2-14(31(22,28)29)10-17(16)24(26)27/h2-3,8-10H,4-7,11H2,1H3,(H2,22,28,29). The van der Waals surface area contributed by atoms with E-state index in [9.17, 15) is 23.3 Å². The molecule has 31 heavy (non-hydrogen) atoms. The van der Waals surface area contributed by atoms with E-state index in [1.54, 1.807) is 17.0 Å². The summed E-state index contributed by atoms with van der Waals surface area (Å²) in [4.78, 5) is 25.2.